The first-order chi connectivity index (χ1) is 6.15. The van der Waals surface area contributed by atoms with Crippen molar-refractivity contribution in [3.8, 4) is 0 Å². The average Bonchev–Trinajstić information content (AvgIpc) is 2.41. The molecule has 0 N–H and O–H groups in total. The third-order valence-electron chi connectivity index (χ3n) is 2.11. The fourth-order valence-electron chi connectivity index (χ4n) is 1.63. The lowest BCUT2D eigenvalue weighted by Gasteiger charge is -2.10. The summed E-state index contributed by atoms with van der Waals surface area (Å²) in [6.45, 7) is 1.32. The van der Waals surface area contributed by atoms with Gasteiger partial charge in [-0.2, -0.15) is 0 Å². The summed E-state index contributed by atoms with van der Waals surface area (Å²) < 4.78 is 15.0. The molecule has 0 aromatic rings. The molecule has 2 heterocycles. The van der Waals surface area contributed by atoms with Crippen LogP contribution in [0.3, 0.4) is 0 Å². The predicted octanol–water partition coefficient (Wildman–Crippen LogP) is -0.0200. The number of fused-ring (bicyclic) bond motifs is 1. The quantitative estimate of drug-likeness (QED) is 0.538. The van der Waals surface area contributed by atoms with E-state index < -0.39 is 6.29 Å². The van der Waals surface area contributed by atoms with Gasteiger partial charge in [0, 0.05) is 13.3 Å². The molecule has 0 radical (unpaired) electrons. The Morgan fingerprint density at radius 2 is 2.31 bits per heavy atom. The van der Waals surface area contributed by atoms with E-state index in [4.69, 9.17) is 14.2 Å². The van der Waals surface area contributed by atoms with Crippen molar-refractivity contribution in [1.29, 1.82) is 0 Å². The molecule has 0 bridgehead atoms. The molecule has 2 fully saturated rings. The fourth-order valence-corrected chi connectivity index (χ4v) is 1.63. The van der Waals surface area contributed by atoms with Crippen LogP contribution in [-0.4, -0.2) is 30.4 Å². The molecule has 2 rings (SSSR count). The number of carbonyl (C=O) groups is 2. The lowest BCUT2D eigenvalue weighted by molar-refractivity contribution is -0.173. The van der Waals surface area contributed by atoms with Crippen molar-refractivity contribution in [1.82, 2.24) is 0 Å². The second kappa shape index (κ2) is 2.99. The van der Waals surface area contributed by atoms with Crippen LogP contribution < -0.4 is 0 Å². The first-order valence-electron chi connectivity index (χ1n) is 4.17. The molecular weight excluding hydrogens is 176 g/mol. The first-order valence-corrected chi connectivity index (χ1v) is 4.17. The second-order valence-corrected chi connectivity index (χ2v) is 3.18. The molecule has 5 heteroatoms. The maximum Gasteiger partial charge on any atom is 0.308 e. The molecule has 3 atom stereocenters. The Balaban J connectivity index is 1.90. The molecule has 2 aliphatic rings. The van der Waals surface area contributed by atoms with E-state index in [0.717, 1.165) is 0 Å². The lowest BCUT2D eigenvalue weighted by Crippen LogP contribution is -2.17. The SMILES string of the molecule is CC(=O)O[C@@H]1C[C@@H]2OC(=O)C[C@@H]2O1. The molecular formula is C8H10O5. The fraction of sp³-hybridized carbons (Fsp3) is 0.750. The monoisotopic (exact) mass is 186 g/mol. The number of rotatable bonds is 1. The molecule has 13 heavy (non-hydrogen) atoms. The Bertz CT molecular complexity index is 233. The summed E-state index contributed by atoms with van der Waals surface area (Å²) in [4.78, 5) is 21.3. The van der Waals surface area contributed by atoms with Crippen molar-refractivity contribution in [2.75, 3.05) is 0 Å². The number of ether oxygens (including phenoxy) is 3. The summed E-state index contributed by atoms with van der Waals surface area (Å²) >= 11 is 0. The minimum absolute atomic E-state index is 0.225. The van der Waals surface area contributed by atoms with Crippen LogP contribution in [0, 0.1) is 0 Å². The van der Waals surface area contributed by atoms with Crippen LogP contribution in [0.2, 0.25) is 0 Å². The lowest BCUT2D eigenvalue weighted by atomic mass is 10.2. The summed E-state index contributed by atoms with van der Waals surface area (Å²) in [7, 11) is 0. The van der Waals surface area contributed by atoms with E-state index in [9.17, 15) is 9.59 Å². The van der Waals surface area contributed by atoms with Crippen molar-refractivity contribution in [2.24, 2.45) is 0 Å². The molecule has 5 nitrogen and oxygen atoms in total. The highest BCUT2D eigenvalue weighted by atomic mass is 16.7. The van der Waals surface area contributed by atoms with Crippen LogP contribution in [0.15, 0.2) is 0 Å². The highest BCUT2D eigenvalue weighted by Crippen LogP contribution is 2.31. The van der Waals surface area contributed by atoms with E-state index in [0.29, 0.717) is 6.42 Å². The zero-order valence-corrected chi connectivity index (χ0v) is 7.19. The highest BCUT2D eigenvalue weighted by molar-refractivity contribution is 5.72. The van der Waals surface area contributed by atoms with Gasteiger partial charge in [-0.3, -0.25) is 9.59 Å². The molecule has 0 aromatic heterocycles. The molecule has 0 aliphatic carbocycles. The maximum absolute atomic E-state index is 10.8. The smallest absolute Gasteiger partial charge is 0.308 e. The zero-order valence-electron chi connectivity index (χ0n) is 7.19. The van der Waals surface area contributed by atoms with Gasteiger partial charge >= 0.3 is 11.9 Å². The Morgan fingerprint density at radius 1 is 1.54 bits per heavy atom. The Kier molecular flexibility index (Phi) is 1.95. The van der Waals surface area contributed by atoms with E-state index in [1.165, 1.54) is 6.92 Å². The van der Waals surface area contributed by atoms with Crippen LogP contribution in [0.4, 0.5) is 0 Å². The minimum atomic E-state index is -0.541. The second-order valence-electron chi connectivity index (χ2n) is 3.18. The van der Waals surface area contributed by atoms with Gasteiger partial charge in [-0.25, -0.2) is 0 Å². The van der Waals surface area contributed by atoms with E-state index in [1.54, 1.807) is 0 Å². The van der Waals surface area contributed by atoms with Gasteiger partial charge in [-0.1, -0.05) is 0 Å². The largest absolute Gasteiger partial charge is 0.459 e. The maximum atomic E-state index is 10.8. The van der Waals surface area contributed by atoms with Gasteiger partial charge in [-0.05, 0) is 0 Å². The Labute approximate surface area is 74.9 Å². The highest BCUT2D eigenvalue weighted by Gasteiger charge is 2.45. The van der Waals surface area contributed by atoms with Gasteiger partial charge in [0.1, 0.15) is 12.2 Å². The van der Waals surface area contributed by atoms with Crippen LogP contribution in [0.5, 0.6) is 0 Å². The van der Waals surface area contributed by atoms with Gasteiger partial charge in [-0.15, -0.1) is 0 Å². The van der Waals surface area contributed by atoms with E-state index in [-0.39, 0.29) is 30.6 Å². The predicted molar refractivity (Wildman–Crippen MR) is 39.5 cm³/mol. The van der Waals surface area contributed by atoms with E-state index in [1.807, 2.05) is 0 Å². The number of hydrogen-bond donors (Lipinski definition) is 0. The van der Waals surface area contributed by atoms with Gasteiger partial charge in [0.05, 0.1) is 6.42 Å². The summed E-state index contributed by atoms with van der Waals surface area (Å²) in [5.41, 5.74) is 0. The first kappa shape index (κ1) is 8.50. The third-order valence-corrected chi connectivity index (χ3v) is 2.11. The molecule has 0 aromatic carbocycles. The van der Waals surface area contributed by atoms with Crippen molar-refractivity contribution < 1.29 is 23.8 Å². The van der Waals surface area contributed by atoms with Crippen molar-refractivity contribution in [3.05, 3.63) is 0 Å². The molecule has 0 spiro atoms. The number of esters is 2. The summed E-state index contributed by atoms with van der Waals surface area (Å²) in [6.07, 6.45) is -0.271. The number of hydrogen-bond acceptors (Lipinski definition) is 5. The molecule has 0 saturated carbocycles. The van der Waals surface area contributed by atoms with Gasteiger partial charge < -0.3 is 14.2 Å². The Hall–Kier alpha value is -1.10. The standard InChI is InChI=1S/C8H10O5/c1-4(9)11-8-3-6-5(13-8)2-7(10)12-6/h5-6,8H,2-3H2,1H3/t5-,6-,8-/m0/s1. The van der Waals surface area contributed by atoms with Crippen LogP contribution >= 0.6 is 0 Å². The Morgan fingerprint density at radius 3 is 2.92 bits per heavy atom. The molecule has 2 aliphatic heterocycles. The molecule has 72 valence electrons. The van der Waals surface area contributed by atoms with Gasteiger partial charge in [0.15, 0.2) is 0 Å². The van der Waals surface area contributed by atoms with Gasteiger partial charge in [0.25, 0.3) is 0 Å². The molecule has 0 amide bonds. The van der Waals surface area contributed by atoms with Gasteiger partial charge in [0.2, 0.25) is 6.29 Å². The summed E-state index contributed by atoms with van der Waals surface area (Å²) in [5.74, 6) is -0.618. The van der Waals surface area contributed by atoms with Crippen LogP contribution in [-0.2, 0) is 23.8 Å². The summed E-state index contributed by atoms with van der Waals surface area (Å²) in [5, 5.41) is 0. The van der Waals surface area contributed by atoms with E-state index >= 15 is 0 Å². The normalized spacial score (nSPS) is 37.0. The van der Waals surface area contributed by atoms with Crippen LogP contribution in [0.25, 0.3) is 0 Å². The molecule has 0 unspecified atom stereocenters. The van der Waals surface area contributed by atoms with E-state index in [2.05, 4.69) is 0 Å². The minimum Gasteiger partial charge on any atom is -0.459 e. The number of carbonyl (C=O) groups excluding carboxylic acids is 2. The average molecular weight is 186 g/mol. The van der Waals surface area contributed by atoms with Crippen molar-refractivity contribution >= 4 is 11.9 Å². The van der Waals surface area contributed by atoms with Crippen molar-refractivity contribution in [3.63, 3.8) is 0 Å². The molecule has 2 saturated heterocycles. The van der Waals surface area contributed by atoms with Crippen molar-refractivity contribution in [2.45, 2.75) is 38.3 Å². The topological polar surface area (TPSA) is 61.8 Å². The van der Waals surface area contributed by atoms with Crippen LogP contribution in [0.1, 0.15) is 19.8 Å². The summed E-state index contributed by atoms with van der Waals surface area (Å²) in [6, 6.07) is 0. The zero-order chi connectivity index (χ0) is 9.42. The third kappa shape index (κ3) is 1.65.